The van der Waals surface area contributed by atoms with Crippen LogP contribution in [-0.4, -0.2) is 20.3 Å². The summed E-state index contributed by atoms with van der Waals surface area (Å²) in [6.07, 6.45) is 0. The number of phenolic OH excluding ortho intramolecular Hbond substituents is 1. The molecule has 1 aromatic heterocycles. The Labute approximate surface area is 89.4 Å². The third-order valence-electron chi connectivity index (χ3n) is 1.87. The number of nitrogens with zero attached hydrogens (tertiary/aromatic N) is 1. The quantitative estimate of drug-likeness (QED) is 0.632. The number of hydrogen-bond donors (Lipinski definition) is 3. The summed E-state index contributed by atoms with van der Waals surface area (Å²) in [6.45, 7) is 0. The zero-order valence-corrected chi connectivity index (χ0v) is 8.34. The van der Waals surface area contributed by atoms with E-state index in [1.54, 1.807) is 18.2 Å². The van der Waals surface area contributed by atoms with E-state index >= 15 is 0 Å². The van der Waals surface area contributed by atoms with Crippen molar-refractivity contribution in [1.29, 1.82) is 0 Å². The second kappa shape index (κ2) is 3.66. The summed E-state index contributed by atoms with van der Waals surface area (Å²) in [5, 5.41) is 15.8. The topological polar surface area (TPSA) is 81.8 Å². The number of benzene rings is 1. The van der Waals surface area contributed by atoms with E-state index in [1.807, 2.05) is 0 Å². The first-order valence-electron chi connectivity index (χ1n) is 4.16. The van der Waals surface area contributed by atoms with Crippen LogP contribution in [0.4, 0.5) is 0 Å². The normalized spacial score (nSPS) is 10.1. The fourth-order valence-electron chi connectivity index (χ4n) is 1.20. The van der Waals surface area contributed by atoms with E-state index in [0.717, 1.165) is 0 Å². The molecule has 5 nitrogen and oxygen atoms in total. The number of H-pyrrole nitrogens is 2. The molecule has 0 amide bonds. The smallest absolute Gasteiger partial charge is 0.278 e. The van der Waals surface area contributed by atoms with Crippen LogP contribution in [0.15, 0.2) is 29.1 Å². The summed E-state index contributed by atoms with van der Waals surface area (Å²) in [4.78, 5) is 13.9. The number of para-hydroxylation sites is 1. The maximum atomic E-state index is 11.5. The molecule has 0 atom stereocenters. The van der Waals surface area contributed by atoms with Crippen molar-refractivity contribution >= 4 is 12.2 Å². The lowest BCUT2D eigenvalue weighted by molar-refractivity contribution is 0.477. The minimum atomic E-state index is -0.430. The van der Waals surface area contributed by atoms with Crippen LogP contribution in [-0.2, 0) is 0 Å². The first-order valence-corrected chi connectivity index (χ1v) is 4.56. The van der Waals surface area contributed by atoms with Crippen LogP contribution in [0.1, 0.15) is 0 Å². The van der Waals surface area contributed by atoms with E-state index in [0.29, 0.717) is 5.56 Å². The van der Waals surface area contributed by atoms with Gasteiger partial charge in [-0.1, -0.05) is 12.1 Å². The Morgan fingerprint density at radius 1 is 1.33 bits per heavy atom. The van der Waals surface area contributed by atoms with Crippen molar-refractivity contribution in [2.24, 2.45) is 0 Å². The Morgan fingerprint density at radius 3 is 2.73 bits per heavy atom. The van der Waals surface area contributed by atoms with E-state index in [4.69, 9.17) is 12.2 Å². The molecule has 0 bridgehead atoms. The molecule has 0 aliphatic carbocycles. The largest absolute Gasteiger partial charge is 0.507 e. The highest BCUT2D eigenvalue weighted by Crippen LogP contribution is 2.23. The second-order valence-corrected chi connectivity index (χ2v) is 3.28. The number of aromatic hydroxyl groups is 1. The Bertz CT molecular complexity index is 603. The van der Waals surface area contributed by atoms with E-state index in [1.165, 1.54) is 6.07 Å². The fourth-order valence-corrected chi connectivity index (χ4v) is 1.34. The van der Waals surface area contributed by atoms with Gasteiger partial charge in [0.2, 0.25) is 0 Å². The van der Waals surface area contributed by atoms with Gasteiger partial charge in [-0.05, 0) is 24.4 Å². The maximum Gasteiger partial charge on any atom is 0.278 e. The Balaban J connectivity index is 2.70. The summed E-state index contributed by atoms with van der Waals surface area (Å²) < 4.78 is 0.152. The fraction of sp³-hybridized carbons (Fsp3) is 0. The van der Waals surface area contributed by atoms with Crippen molar-refractivity contribution in [3.8, 4) is 17.0 Å². The van der Waals surface area contributed by atoms with Gasteiger partial charge in [-0.3, -0.25) is 14.9 Å². The molecule has 3 N–H and O–H groups in total. The van der Waals surface area contributed by atoms with Crippen LogP contribution in [0.2, 0.25) is 0 Å². The van der Waals surface area contributed by atoms with Crippen molar-refractivity contribution < 1.29 is 5.11 Å². The number of aromatic amines is 2. The van der Waals surface area contributed by atoms with Gasteiger partial charge in [-0.25, -0.2) is 0 Å². The van der Waals surface area contributed by atoms with Gasteiger partial charge in [0, 0.05) is 5.56 Å². The molecule has 15 heavy (non-hydrogen) atoms. The number of aromatic nitrogens is 3. The lowest BCUT2D eigenvalue weighted by Crippen LogP contribution is -2.12. The van der Waals surface area contributed by atoms with Gasteiger partial charge < -0.3 is 5.11 Å². The van der Waals surface area contributed by atoms with Crippen LogP contribution in [0.3, 0.4) is 0 Å². The number of nitrogens with one attached hydrogen (secondary N) is 2. The van der Waals surface area contributed by atoms with Gasteiger partial charge in [0.25, 0.3) is 5.56 Å². The molecule has 0 radical (unpaired) electrons. The molecule has 1 aromatic carbocycles. The highest BCUT2D eigenvalue weighted by Gasteiger charge is 2.08. The van der Waals surface area contributed by atoms with Gasteiger partial charge in [0.1, 0.15) is 5.75 Å². The Hall–Kier alpha value is -1.95. The molecular formula is C9H7N3O2S. The van der Waals surface area contributed by atoms with Crippen LogP contribution in [0.25, 0.3) is 11.3 Å². The molecule has 0 saturated carbocycles. The standard InChI is InChI=1S/C9H7N3O2S/c13-6-4-2-1-3-5(6)7-8(14)10-9(15)12-11-7/h1-4,13H,(H2,10,12,14,15). The molecule has 1 heterocycles. The van der Waals surface area contributed by atoms with Crippen molar-refractivity contribution in [3.63, 3.8) is 0 Å². The van der Waals surface area contributed by atoms with Crippen molar-refractivity contribution in [3.05, 3.63) is 39.4 Å². The molecule has 2 aromatic rings. The predicted molar refractivity (Wildman–Crippen MR) is 57.1 cm³/mol. The van der Waals surface area contributed by atoms with Crippen molar-refractivity contribution in [1.82, 2.24) is 15.2 Å². The lowest BCUT2D eigenvalue weighted by Gasteiger charge is -2.00. The molecular weight excluding hydrogens is 214 g/mol. The molecule has 2 rings (SSSR count). The summed E-state index contributed by atoms with van der Waals surface area (Å²) in [6, 6.07) is 6.46. The maximum absolute atomic E-state index is 11.5. The Morgan fingerprint density at radius 2 is 2.07 bits per heavy atom. The third kappa shape index (κ3) is 1.79. The highest BCUT2D eigenvalue weighted by atomic mass is 32.1. The Kier molecular flexibility index (Phi) is 2.34. The molecule has 0 fully saturated rings. The minimum absolute atomic E-state index is 0.000943. The molecule has 0 unspecified atom stereocenters. The van der Waals surface area contributed by atoms with Gasteiger partial charge >= 0.3 is 0 Å². The first kappa shape index (κ1) is 9.60. The van der Waals surface area contributed by atoms with Crippen LogP contribution >= 0.6 is 12.2 Å². The first-order chi connectivity index (χ1) is 7.18. The van der Waals surface area contributed by atoms with Gasteiger partial charge in [-0.2, -0.15) is 5.10 Å². The monoisotopic (exact) mass is 221 g/mol. The van der Waals surface area contributed by atoms with E-state index in [2.05, 4.69) is 15.2 Å². The van der Waals surface area contributed by atoms with Gasteiger partial charge in [0.15, 0.2) is 10.5 Å². The number of rotatable bonds is 1. The number of hydrogen-bond acceptors (Lipinski definition) is 4. The summed E-state index contributed by atoms with van der Waals surface area (Å²) in [5.74, 6) is 0.000943. The van der Waals surface area contributed by atoms with E-state index in [-0.39, 0.29) is 16.2 Å². The van der Waals surface area contributed by atoms with Crippen molar-refractivity contribution in [2.45, 2.75) is 0 Å². The second-order valence-electron chi connectivity index (χ2n) is 2.87. The van der Waals surface area contributed by atoms with E-state index in [9.17, 15) is 9.90 Å². The third-order valence-corrected chi connectivity index (χ3v) is 2.06. The molecule has 0 spiro atoms. The predicted octanol–water partition coefficient (Wildman–Crippen LogP) is 1.20. The van der Waals surface area contributed by atoms with Crippen LogP contribution in [0.5, 0.6) is 5.75 Å². The minimum Gasteiger partial charge on any atom is -0.507 e. The average Bonchev–Trinajstić information content (AvgIpc) is 2.20. The molecule has 0 saturated heterocycles. The zero-order chi connectivity index (χ0) is 10.8. The lowest BCUT2D eigenvalue weighted by atomic mass is 10.1. The van der Waals surface area contributed by atoms with Crippen LogP contribution in [0, 0.1) is 4.77 Å². The zero-order valence-electron chi connectivity index (χ0n) is 7.52. The van der Waals surface area contributed by atoms with Gasteiger partial charge in [-0.15, -0.1) is 0 Å². The summed E-state index contributed by atoms with van der Waals surface area (Å²) in [5.41, 5.74) is 0.0481. The summed E-state index contributed by atoms with van der Waals surface area (Å²) >= 11 is 4.71. The highest BCUT2D eigenvalue weighted by molar-refractivity contribution is 7.71. The SMILES string of the molecule is O=c1[nH]c(=S)[nH]nc1-c1ccccc1O. The van der Waals surface area contributed by atoms with Gasteiger partial charge in [0.05, 0.1) is 0 Å². The van der Waals surface area contributed by atoms with Crippen molar-refractivity contribution in [2.75, 3.05) is 0 Å². The number of phenols is 1. The van der Waals surface area contributed by atoms with Crippen LogP contribution < -0.4 is 5.56 Å². The van der Waals surface area contributed by atoms with E-state index < -0.39 is 5.56 Å². The molecule has 6 heteroatoms. The molecule has 76 valence electrons. The average molecular weight is 221 g/mol. The summed E-state index contributed by atoms with van der Waals surface area (Å²) in [7, 11) is 0. The molecule has 0 aliphatic rings. The molecule has 0 aliphatic heterocycles.